The maximum Gasteiger partial charge on any atom is 0.227 e. The Morgan fingerprint density at radius 2 is 2.05 bits per heavy atom. The maximum absolute atomic E-state index is 11.9. The van der Waals surface area contributed by atoms with Gasteiger partial charge in [-0.2, -0.15) is 0 Å². The highest BCUT2D eigenvalue weighted by molar-refractivity contribution is 7.90. The van der Waals surface area contributed by atoms with Crippen molar-refractivity contribution in [2.24, 2.45) is 0 Å². The van der Waals surface area contributed by atoms with E-state index in [0.29, 0.717) is 37.9 Å². The summed E-state index contributed by atoms with van der Waals surface area (Å²) >= 11 is 1.52. The number of hydrogen-bond acceptors (Lipinski definition) is 7. The van der Waals surface area contributed by atoms with Gasteiger partial charge in [0, 0.05) is 25.4 Å². The zero-order valence-electron chi connectivity index (χ0n) is 11.5. The summed E-state index contributed by atoms with van der Waals surface area (Å²) in [6.07, 6.45) is 1.16. The molecule has 0 spiro atoms. The molecular formula is C13H15N3O3S2. The molecule has 1 saturated heterocycles. The molecule has 0 radical (unpaired) electrons. The highest BCUT2D eigenvalue weighted by Crippen LogP contribution is 2.26. The summed E-state index contributed by atoms with van der Waals surface area (Å²) < 4.78 is 29.0. The molecule has 0 amide bonds. The summed E-state index contributed by atoms with van der Waals surface area (Å²) in [5, 5.41) is 1.99. The summed E-state index contributed by atoms with van der Waals surface area (Å²) in [5.74, 6) is 0.449. The van der Waals surface area contributed by atoms with Crippen LogP contribution in [-0.4, -0.2) is 50.9 Å². The maximum atomic E-state index is 11.9. The molecule has 2 aromatic heterocycles. The number of nitrogens with zero attached hydrogens (tertiary/aromatic N) is 3. The summed E-state index contributed by atoms with van der Waals surface area (Å²) in [7, 11) is -3.38. The molecule has 0 aliphatic carbocycles. The third-order valence-corrected chi connectivity index (χ3v) is 5.00. The van der Waals surface area contributed by atoms with Crippen molar-refractivity contribution in [3.8, 4) is 10.6 Å². The van der Waals surface area contributed by atoms with Crippen molar-refractivity contribution in [2.45, 2.75) is 5.03 Å². The third-order valence-electron chi connectivity index (χ3n) is 3.14. The van der Waals surface area contributed by atoms with Crippen molar-refractivity contribution in [2.75, 3.05) is 37.5 Å². The number of morpholine rings is 1. The van der Waals surface area contributed by atoms with E-state index in [-0.39, 0.29) is 5.03 Å². The lowest BCUT2D eigenvalue weighted by Gasteiger charge is -2.27. The Labute approximate surface area is 127 Å². The molecule has 0 saturated carbocycles. The van der Waals surface area contributed by atoms with Crippen LogP contribution in [0.25, 0.3) is 10.6 Å². The highest BCUT2D eigenvalue weighted by atomic mass is 32.2. The van der Waals surface area contributed by atoms with Gasteiger partial charge in [-0.15, -0.1) is 11.3 Å². The standard InChI is InChI=1S/C13H15N3O3S2/c1-21(17,18)12-9-10(11-3-2-8-20-11)14-13(15-12)16-4-6-19-7-5-16/h2-3,8-9H,4-7H2,1H3. The fourth-order valence-corrected chi connectivity index (χ4v) is 3.32. The van der Waals surface area contributed by atoms with Crippen LogP contribution in [0.2, 0.25) is 0 Å². The van der Waals surface area contributed by atoms with Crippen LogP contribution in [0.15, 0.2) is 28.6 Å². The van der Waals surface area contributed by atoms with Gasteiger partial charge in [-0.1, -0.05) is 6.07 Å². The van der Waals surface area contributed by atoms with Gasteiger partial charge in [-0.3, -0.25) is 0 Å². The van der Waals surface area contributed by atoms with Crippen LogP contribution >= 0.6 is 11.3 Å². The van der Waals surface area contributed by atoms with Gasteiger partial charge in [0.25, 0.3) is 0 Å². The molecule has 0 aromatic carbocycles. The Bertz CT molecular complexity index is 723. The fraction of sp³-hybridized carbons (Fsp3) is 0.385. The number of rotatable bonds is 3. The van der Waals surface area contributed by atoms with E-state index in [1.807, 2.05) is 22.4 Å². The van der Waals surface area contributed by atoms with Crippen molar-refractivity contribution >= 4 is 27.1 Å². The van der Waals surface area contributed by atoms with E-state index in [1.54, 1.807) is 0 Å². The average Bonchev–Trinajstić information content (AvgIpc) is 3.01. The van der Waals surface area contributed by atoms with E-state index < -0.39 is 9.84 Å². The molecule has 2 aromatic rings. The molecule has 0 unspecified atom stereocenters. The lowest BCUT2D eigenvalue weighted by atomic mass is 10.3. The van der Waals surface area contributed by atoms with Gasteiger partial charge in [-0.25, -0.2) is 18.4 Å². The molecule has 1 fully saturated rings. The topological polar surface area (TPSA) is 72.4 Å². The monoisotopic (exact) mass is 325 g/mol. The van der Waals surface area contributed by atoms with Gasteiger partial charge in [0.2, 0.25) is 5.95 Å². The van der Waals surface area contributed by atoms with Crippen molar-refractivity contribution in [1.82, 2.24) is 9.97 Å². The van der Waals surface area contributed by atoms with Crippen LogP contribution in [-0.2, 0) is 14.6 Å². The zero-order chi connectivity index (χ0) is 14.9. The van der Waals surface area contributed by atoms with Crippen LogP contribution in [0.5, 0.6) is 0 Å². The van der Waals surface area contributed by atoms with Crippen LogP contribution in [0, 0.1) is 0 Å². The average molecular weight is 325 g/mol. The van der Waals surface area contributed by atoms with E-state index >= 15 is 0 Å². The predicted molar refractivity (Wildman–Crippen MR) is 81.5 cm³/mol. The van der Waals surface area contributed by atoms with E-state index in [4.69, 9.17) is 4.74 Å². The Morgan fingerprint density at radius 1 is 1.29 bits per heavy atom. The zero-order valence-corrected chi connectivity index (χ0v) is 13.2. The Kier molecular flexibility index (Phi) is 3.92. The molecule has 1 aliphatic heterocycles. The van der Waals surface area contributed by atoms with Gasteiger partial charge < -0.3 is 9.64 Å². The van der Waals surface area contributed by atoms with Gasteiger partial charge in [0.15, 0.2) is 14.9 Å². The summed E-state index contributed by atoms with van der Waals surface area (Å²) in [5.41, 5.74) is 0.641. The van der Waals surface area contributed by atoms with Gasteiger partial charge in [0.05, 0.1) is 23.8 Å². The Hall–Kier alpha value is -1.51. The first-order chi connectivity index (χ1) is 10.0. The van der Waals surface area contributed by atoms with E-state index in [9.17, 15) is 8.42 Å². The molecule has 3 heterocycles. The largest absolute Gasteiger partial charge is 0.378 e. The minimum Gasteiger partial charge on any atom is -0.378 e. The quantitative estimate of drug-likeness (QED) is 0.795. The van der Waals surface area contributed by atoms with Crippen molar-refractivity contribution < 1.29 is 13.2 Å². The van der Waals surface area contributed by atoms with E-state index in [0.717, 1.165) is 11.1 Å². The molecule has 21 heavy (non-hydrogen) atoms. The number of anilines is 1. The molecule has 0 N–H and O–H groups in total. The predicted octanol–water partition coefficient (Wildman–Crippen LogP) is 1.45. The van der Waals surface area contributed by atoms with Crippen LogP contribution in [0.3, 0.4) is 0 Å². The first-order valence-corrected chi connectivity index (χ1v) is 9.27. The third kappa shape index (κ3) is 3.22. The van der Waals surface area contributed by atoms with Crippen molar-refractivity contribution in [3.05, 3.63) is 23.6 Å². The van der Waals surface area contributed by atoms with Gasteiger partial charge in [0.1, 0.15) is 0 Å². The summed E-state index contributed by atoms with van der Waals surface area (Å²) in [6, 6.07) is 5.36. The summed E-state index contributed by atoms with van der Waals surface area (Å²) in [4.78, 5) is 11.6. The van der Waals surface area contributed by atoms with Crippen molar-refractivity contribution in [1.29, 1.82) is 0 Å². The molecular weight excluding hydrogens is 310 g/mol. The molecule has 8 heteroatoms. The normalized spacial score (nSPS) is 16.1. The fourth-order valence-electron chi connectivity index (χ4n) is 2.06. The molecule has 0 atom stereocenters. The Morgan fingerprint density at radius 3 is 2.67 bits per heavy atom. The van der Waals surface area contributed by atoms with Crippen LogP contribution in [0.4, 0.5) is 5.95 Å². The Balaban J connectivity index is 2.09. The molecule has 3 rings (SSSR count). The minimum absolute atomic E-state index is 0.0578. The molecule has 1 aliphatic rings. The van der Waals surface area contributed by atoms with Gasteiger partial charge >= 0.3 is 0 Å². The van der Waals surface area contributed by atoms with Crippen molar-refractivity contribution in [3.63, 3.8) is 0 Å². The van der Waals surface area contributed by atoms with E-state index in [2.05, 4.69) is 9.97 Å². The molecule has 0 bridgehead atoms. The number of ether oxygens (including phenoxy) is 1. The first kappa shape index (κ1) is 14.4. The van der Waals surface area contributed by atoms with Crippen LogP contribution in [0.1, 0.15) is 0 Å². The number of thiophene rings is 1. The van der Waals surface area contributed by atoms with Gasteiger partial charge in [-0.05, 0) is 11.4 Å². The SMILES string of the molecule is CS(=O)(=O)c1cc(-c2cccs2)nc(N2CCOCC2)n1. The second-order valence-corrected chi connectivity index (χ2v) is 7.65. The van der Waals surface area contributed by atoms with E-state index in [1.165, 1.54) is 17.4 Å². The first-order valence-electron chi connectivity index (χ1n) is 6.50. The summed E-state index contributed by atoms with van der Waals surface area (Å²) in [6.45, 7) is 2.52. The second-order valence-electron chi connectivity index (χ2n) is 4.74. The number of sulfone groups is 1. The second kappa shape index (κ2) is 5.70. The minimum atomic E-state index is -3.38. The lowest BCUT2D eigenvalue weighted by molar-refractivity contribution is 0.122. The number of aromatic nitrogens is 2. The highest BCUT2D eigenvalue weighted by Gasteiger charge is 2.19. The molecule has 6 nitrogen and oxygen atoms in total. The number of hydrogen-bond donors (Lipinski definition) is 0. The van der Waals surface area contributed by atoms with Crippen LogP contribution < -0.4 is 4.90 Å². The molecule has 112 valence electrons. The smallest absolute Gasteiger partial charge is 0.227 e. The lowest BCUT2D eigenvalue weighted by Crippen LogP contribution is -2.37.